The Hall–Kier alpha value is -2.03. The van der Waals surface area contributed by atoms with Gasteiger partial charge in [0.2, 0.25) is 0 Å². The molecule has 1 aliphatic rings. The summed E-state index contributed by atoms with van der Waals surface area (Å²) in [5.74, 6) is -0.227. The van der Waals surface area contributed by atoms with Crippen molar-refractivity contribution in [3.05, 3.63) is 41.5 Å². The summed E-state index contributed by atoms with van der Waals surface area (Å²) in [6.45, 7) is 3.78. The SMILES string of the molecule is C=Cc1ccc2c(c1)C=C(C(=O)O)CO2. The van der Waals surface area contributed by atoms with Gasteiger partial charge in [-0.05, 0) is 23.8 Å². The Bertz CT molecular complexity index is 458. The van der Waals surface area contributed by atoms with Gasteiger partial charge in [0.15, 0.2) is 0 Å². The van der Waals surface area contributed by atoms with E-state index in [1.807, 2.05) is 18.2 Å². The quantitative estimate of drug-likeness (QED) is 0.799. The smallest absolute Gasteiger partial charge is 0.335 e. The van der Waals surface area contributed by atoms with Crippen LogP contribution in [0.5, 0.6) is 5.75 Å². The monoisotopic (exact) mass is 202 g/mol. The molecule has 3 nitrogen and oxygen atoms in total. The summed E-state index contributed by atoms with van der Waals surface area (Å²) < 4.78 is 5.31. The Morgan fingerprint density at radius 2 is 2.33 bits per heavy atom. The van der Waals surface area contributed by atoms with Crippen molar-refractivity contribution in [3.63, 3.8) is 0 Å². The lowest BCUT2D eigenvalue weighted by molar-refractivity contribution is -0.132. The Balaban J connectivity index is 2.47. The molecule has 76 valence electrons. The number of hydrogen-bond donors (Lipinski definition) is 1. The van der Waals surface area contributed by atoms with Crippen molar-refractivity contribution in [1.29, 1.82) is 0 Å². The van der Waals surface area contributed by atoms with Crippen LogP contribution in [-0.2, 0) is 4.79 Å². The van der Waals surface area contributed by atoms with Crippen molar-refractivity contribution < 1.29 is 14.6 Å². The van der Waals surface area contributed by atoms with E-state index < -0.39 is 5.97 Å². The van der Waals surface area contributed by atoms with E-state index in [0.717, 1.165) is 11.1 Å². The molecule has 0 aliphatic carbocycles. The molecule has 0 bridgehead atoms. The molecule has 0 saturated heterocycles. The van der Waals surface area contributed by atoms with Crippen molar-refractivity contribution >= 4 is 18.1 Å². The molecular formula is C12H10O3. The van der Waals surface area contributed by atoms with Gasteiger partial charge in [0.25, 0.3) is 0 Å². The second-order valence-electron chi connectivity index (χ2n) is 3.26. The standard InChI is InChI=1S/C12H10O3/c1-2-8-3-4-11-9(5-8)6-10(7-15-11)12(13)14/h2-6H,1,7H2,(H,13,14). The molecule has 1 N–H and O–H groups in total. The molecule has 1 aromatic rings. The molecule has 1 aliphatic heterocycles. The summed E-state index contributed by atoms with van der Waals surface area (Å²) >= 11 is 0. The number of rotatable bonds is 2. The van der Waals surface area contributed by atoms with Gasteiger partial charge >= 0.3 is 5.97 Å². The number of fused-ring (bicyclic) bond motifs is 1. The third-order valence-corrected chi connectivity index (χ3v) is 2.26. The first-order valence-corrected chi connectivity index (χ1v) is 4.54. The highest BCUT2D eigenvalue weighted by Crippen LogP contribution is 2.27. The minimum Gasteiger partial charge on any atom is -0.488 e. The molecule has 3 heteroatoms. The topological polar surface area (TPSA) is 46.5 Å². The summed E-state index contributed by atoms with van der Waals surface area (Å²) in [4.78, 5) is 10.8. The van der Waals surface area contributed by atoms with Crippen LogP contribution < -0.4 is 4.74 Å². The Kier molecular flexibility index (Phi) is 2.29. The van der Waals surface area contributed by atoms with Gasteiger partial charge in [0.1, 0.15) is 12.4 Å². The van der Waals surface area contributed by atoms with E-state index in [1.165, 1.54) is 0 Å². The van der Waals surface area contributed by atoms with Crippen LogP contribution in [0.1, 0.15) is 11.1 Å². The lowest BCUT2D eigenvalue weighted by Gasteiger charge is -2.15. The molecule has 0 unspecified atom stereocenters. The lowest BCUT2D eigenvalue weighted by atomic mass is 10.0. The first kappa shape index (κ1) is 9.52. The summed E-state index contributed by atoms with van der Waals surface area (Å²) in [5.41, 5.74) is 2.00. The zero-order valence-corrected chi connectivity index (χ0v) is 8.06. The Morgan fingerprint density at radius 1 is 1.53 bits per heavy atom. The van der Waals surface area contributed by atoms with Crippen LogP contribution in [0, 0.1) is 0 Å². The first-order valence-electron chi connectivity index (χ1n) is 4.54. The maximum absolute atomic E-state index is 10.8. The molecule has 2 rings (SSSR count). The molecule has 0 amide bonds. The fourth-order valence-electron chi connectivity index (χ4n) is 1.45. The molecule has 0 radical (unpaired) electrons. The number of hydrogen-bond acceptors (Lipinski definition) is 2. The second-order valence-corrected chi connectivity index (χ2v) is 3.26. The van der Waals surface area contributed by atoms with Crippen LogP contribution in [0.4, 0.5) is 0 Å². The van der Waals surface area contributed by atoms with Crippen molar-refractivity contribution in [1.82, 2.24) is 0 Å². The van der Waals surface area contributed by atoms with Crippen molar-refractivity contribution in [2.24, 2.45) is 0 Å². The average Bonchev–Trinajstić information content (AvgIpc) is 2.27. The number of benzene rings is 1. The van der Waals surface area contributed by atoms with Crippen molar-refractivity contribution in [2.75, 3.05) is 6.61 Å². The number of carboxylic acid groups (broad SMARTS) is 1. The normalized spacial score (nSPS) is 13.5. The minimum atomic E-state index is -0.940. The van der Waals surface area contributed by atoms with Crippen LogP contribution in [0.3, 0.4) is 0 Å². The fraction of sp³-hybridized carbons (Fsp3) is 0.0833. The molecule has 1 aromatic carbocycles. The Labute approximate surface area is 87.3 Å². The Morgan fingerprint density at radius 3 is 3.00 bits per heavy atom. The molecular weight excluding hydrogens is 192 g/mol. The fourth-order valence-corrected chi connectivity index (χ4v) is 1.45. The summed E-state index contributed by atoms with van der Waals surface area (Å²) in [6.07, 6.45) is 3.34. The van der Waals surface area contributed by atoms with Crippen LogP contribution >= 0.6 is 0 Å². The number of carboxylic acids is 1. The highest BCUT2D eigenvalue weighted by Gasteiger charge is 2.15. The predicted molar refractivity (Wildman–Crippen MR) is 57.6 cm³/mol. The van der Waals surface area contributed by atoms with Gasteiger partial charge in [0, 0.05) is 5.56 Å². The van der Waals surface area contributed by atoms with Gasteiger partial charge in [-0.25, -0.2) is 4.79 Å². The van der Waals surface area contributed by atoms with E-state index in [4.69, 9.17) is 9.84 Å². The average molecular weight is 202 g/mol. The highest BCUT2D eigenvalue weighted by atomic mass is 16.5. The van der Waals surface area contributed by atoms with E-state index in [9.17, 15) is 4.79 Å². The largest absolute Gasteiger partial charge is 0.488 e. The van der Waals surface area contributed by atoms with Crippen molar-refractivity contribution in [2.45, 2.75) is 0 Å². The van der Waals surface area contributed by atoms with E-state index in [1.54, 1.807) is 12.2 Å². The van der Waals surface area contributed by atoms with E-state index in [-0.39, 0.29) is 12.2 Å². The van der Waals surface area contributed by atoms with Gasteiger partial charge in [-0.15, -0.1) is 0 Å². The summed E-state index contributed by atoms with van der Waals surface area (Å²) in [6, 6.07) is 5.55. The molecule has 0 saturated carbocycles. The van der Waals surface area contributed by atoms with Crippen LogP contribution in [0.2, 0.25) is 0 Å². The summed E-state index contributed by atoms with van der Waals surface area (Å²) in [7, 11) is 0. The molecule has 0 aromatic heterocycles. The number of aliphatic carboxylic acids is 1. The highest BCUT2D eigenvalue weighted by molar-refractivity contribution is 5.93. The number of carbonyl (C=O) groups is 1. The van der Waals surface area contributed by atoms with Crippen LogP contribution in [0.15, 0.2) is 30.4 Å². The third kappa shape index (κ3) is 1.76. The molecule has 0 atom stereocenters. The first-order chi connectivity index (χ1) is 7.20. The van der Waals surface area contributed by atoms with Gasteiger partial charge in [-0.3, -0.25) is 0 Å². The van der Waals surface area contributed by atoms with Crippen LogP contribution in [0.25, 0.3) is 12.2 Å². The van der Waals surface area contributed by atoms with Crippen molar-refractivity contribution in [3.8, 4) is 5.75 Å². The molecule has 15 heavy (non-hydrogen) atoms. The third-order valence-electron chi connectivity index (χ3n) is 2.26. The van der Waals surface area contributed by atoms with E-state index in [2.05, 4.69) is 6.58 Å². The predicted octanol–water partition coefficient (Wildman–Crippen LogP) is 2.19. The van der Waals surface area contributed by atoms with Gasteiger partial charge in [-0.1, -0.05) is 18.7 Å². The van der Waals surface area contributed by atoms with Gasteiger partial charge in [0.05, 0.1) is 5.57 Å². The molecule has 1 heterocycles. The van der Waals surface area contributed by atoms with Gasteiger partial charge < -0.3 is 9.84 Å². The minimum absolute atomic E-state index is 0.121. The maximum atomic E-state index is 10.8. The number of ether oxygens (including phenoxy) is 1. The van der Waals surface area contributed by atoms with Gasteiger partial charge in [-0.2, -0.15) is 0 Å². The summed E-state index contributed by atoms with van der Waals surface area (Å²) in [5, 5.41) is 8.82. The molecule has 0 fully saturated rings. The maximum Gasteiger partial charge on any atom is 0.335 e. The molecule has 0 spiro atoms. The van der Waals surface area contributed by atoms with Crippen LogP contribution in [-0.4, -0.2) is 17.7 Å². The van der Waals surface area contributed by atoms with E-state index >= 15 is 0 Å². The van der Waals surface area contributed by atoms with E-state index in [0.29, 0.717) is 5.75 Å². The lowest BCUT2D eigenvalue weighted by Crippen LogP contribution is -2.14. The second kappa shape index (κ2) is 3.61. The zero-order chi connectivity index (χ0) is 10.8. The zero-order valence-electron chi connectivity index (χ0n) is 8.06.